The van der Waals surface area contributed by atoms with Crippen LogP contribution in [0.4, 0.5) is 0 Å². The minimum absolute atomic E-state index is 0.583. The Bertz CT molecular complexity index is 476. The third kappa shape index (κ3) is 5.13. The summed E-state index contributed by atoms with van der Waals surface area (Å²) in [6, 6.07) is 0.583. The molecule has 0 spiro atoms. The van der Waals surface area contributed by atoms with Gasteiger partial charge in [0.25, 0.3) is 0 Å². The third-order valence-electron chi connectivity index (χ3n) is 4.26. The monoisotopic (exact) mass is 286 g/mol. The van der Waals surface area contributed by atoms with Gasteiger partial charge < -0.3 is 5.32 Å². The van der Waals surface area contributed by atoms with E-state index in [1.54, 1.807) is 0 Å². The standard InChI is InChI=1S/C19H30N2/c1-8-9-10-18(13(2)3)19(21-14(4)5)11-17-12-20-16(7)15(17)6/h8-10,15-17,20H,1,4,11-12H2,2-3,5-7H3/b10-9-,21-19?. The van der Waals surface area contributed by atoms with Crippen LogP contribution in [0.25, 0.3) is 0 Å². The van der Waals surface area contributed by atoms with E-state index < -0.39 is 0 Å². The van der Waals surface area contributed by atoms with Crippen LogP contribution in [-0.4, -0.2) is 18.3 Å². The molecule has 0 aromatic rings. The average Bonchev–Trinajstić information content (AvgIpc) is 2.70. The lowest BCUT2D eigenvalue weighted by atomic mass is 9.86. The van der Waals surface area contributed by atoms with Gasteiger partial charge in [0.1, 0.15) is 0 Å². The molecule has 21 heavy (non-hydrogen) atoms. The summed E-state index contributed by atoms with van der Waals surface area (Å²) in [6.45, 7) is 19.6. The minimum Gasteiger partial charge on any atom is -0.314 e. The molecule has 0 amide bonds. The first-order valence-electron chi connectivity index (χ1n) is 7.80. The Morgan fingerprint density at radius 2 is 1.95 bits per heavy atom. The lowest BCUT2D eigenvalue weighted by Crippen LogP contribution is -2.21. The van der Waals surface area contributed by atoms with Gasteiger partial charge in [-0.15, -0.1) is 0 Å². The third-order valence-corrected chi connectivity index (χ3v) is 4.26. The lowest BCUT2D eigenvalue weighted by Gasteiger charge is -2.19. The van der Waals surface area contributed by atoms with Gasteiger partial charge in [0, 0.05) is 17.5 Å². The SMILES string of the molecule is C=C/C=C\C(C(CC1CNC(C)C1C)=NC(=C)C)=C(C)C. The lowest BCUT2D eigenvalue weighted by molar-refractivity contribution is 0.419. The molecule has 1 saturated heterocycles. The summed E-state index contributed by atoms with van der Waals surface area (Å²) in [6.07, 6.45) is 6.90. The maximum Gasteiger partial charge on any atom is 0.0481 e. The molecule has 1 aliphatic heterocycles. The summed E-state index contributed by atoms with van der Waals surface area (Å²) in [5, 5.41) is 3.56. The van der Waals surface area contributed by atoms with Crippen molar-refractivity contribution in [2.45, 2.75) is 47.1 Å². The average molecular weight is 286 g/mol. The maximum atomic E-state index is 4.73. The van der Waals surface area contributed by atoms with Crippen molar-refractivity contribution in [3.05, 3.63) is 48.2 Å². The molecule has 2 nitrogen and oxygen atoms in total. The van der Waals surface area contributed by atoms with Gasteiger partial charge in [0.15, 0.2) is 0 Å². The van der Waals surface area contributed by atoms with E-state index in [9.17, 15) is 0 Å². The predicted molar refractivity (Wildman–Crippen MR) is 94.7 cm³/mol. The number of nitrogens with one attached hydrogen (secondary N) is 1. The summed E-state index contributed by atoms with van der Waals surface area (Å²) < 4.78 is 0. The van der Waals surface area contributed by atoms with Gasteiger partial charge in [-0.05, 0) is 58.1 Å². The maximum absolute atomic E-state index is 4.73. The number of rotatable bonds is 6. The zero-order chi connectivity index (χ0) is 16.0. The van der Waals surface area contributed by atoms with Crippen LogP contribution < -0.4 is 5.32 Å². The molecular weight excluding hydrogens is 256 g/mol. The van der Waals surface area contributed by atoms with Gasteiger partial charge in [-0.25, -0.2) is 0 Å². The first-order valence-corrected chi connectivity index (χ1v) is 7.80. The van der Waals surface area contributed by atoms with Crippen LogP contribution in [0.5, 0.6) is 0 Å². The summed E-state index contributed by atoms with van der Waals surface area (Å²) >= 11 is 0. The topological polar surface area (TPSA) is 24.4 Å². The van der Waals surface area contributed by atoms with Crippen LogP contribution in [0, 0.1) is 11.8 Å². The van der Waals surface area contributed by atoms with Gasteiger partial charge in [0.05, 0.1) is 0 Å². The van der Waals surface area contributed by atoms with Gasteiger partial charge in [0.2, 0.25) is 0 Å². The fraction of sp³-hybridized carbons (Fsp3) is 0.526. The smallest absolute Gasteiger partial charge is 0.0481 e. The van der Waals surface area contributed by atoms with Crippen molar-refractivity contribution < 1.29 is 0 Å². The Balaban J connectivity index is 3.06. The highest BCUT2D eigenvalue weighted by Gasteiger charge is 2.30. The number of hydrogen-bond acceptors (Lipinski definition) is 2. The number of hydrogen-bond donors (Lipinski definition) is 1. The van der Waals surface area contributed by atoms with Crippen molar-refractivity contribution in [1.29, 1.82) is 0 Å². The molecule has 3 atom stereocenters. The van der Waals surface area contributed by atoms with Crippen molar-refractivity contribution in [2.75, 3.05) is 6.54 Å². The van der Waals surface area contributed by atoms with E-state index in [2.05, 4.69) is 52.2 Å². The van der Waals surface area contributed by atoms with Crippen LogP contribution in [0.2, 0.25) is 0 Å². The summed E-state index contributed by atoms with van der Waals surface area (Å²) in [4.78, 5) is 4.73. The van der Waals surface area contributed by atoms with Gasteiger partial charge in [-0.2, -0.15) is 0 Å². The summed E-state index contributed by atoms with van der Waals surface area (Å²) in [5.74, 6) is 1.30. The highest BCUT2D eigenvalue weighted by atomic mass is 15.0. The van der Waals surface area contributed by atoms with Crippen LogP contribution in [-0.2, 0) is 0 Å². The van der Waals surface area contributed by atoms with Crippen molar-refractivity contribution >= 4 is 5.71 Å². The molecule has 1 N–H and O–H groups in total. The quantitative estimate of drug-likeness (QED) is 0.556. The van der Waals surface area contributed by atoms with Crippen molar-refractivity contribution in [1.82, 2.24) is 5.32 Å². The molecule has 116 valence electrons. The van der Waals surface area contributed by atoms with Crippen LogP contribution in [0.3, 0.4) is 0 Å². The highest BCUT2D eigenvalue weighted by Crippen LogP contribution is 2.27. The van der Waals surface area contributed by atoms with E-state index in [1.807, 2.05) is 19.1 Å². The van der Waals surface area contributed by atoms with Gasteiger partial charge >= 0.3 is 0 Å². The predicted octanol–water partition coefficient (Wildman–Crippen LogP) is 4.67. The van der Waals surface area contributed by atoms with E-state index in [0.29, 0.717) is 17.9 Å². The van der Waals surface area contributed by atoms with E-state index in [0.717, 1.165) is 24.4 Å². The Labute approximate surface area is 130 Å². The molecular formula is C19H30N2. The van der Waals surface area contributed by atoms with Crippen molar-refractivity contribution in [2.24, 2.45) is 16.8 Å². The van der Waals surface area contributed by atoms with Gasteiger partial charge in [-0.1, -0.05) is 43.9 Å². The summed E-state index contributed by atoms with van der Waals surface area (Å²) in [5.41, 5.74) is 4.50. The Kier molecular flexibility index (Phi) is 6.83. The minimum atomic E-state index is 0.583. The van der Waals surface area contributed by atoms with E-state index in [4.69, 9.17) is 4.99 Å². The van der Waals surface area contributed by atoms with Crippen LogP contribution in [0.15, 0.2) is 53.2 Å². The summed E-state index contributed by atoms with van der Waals surface area (Å²) in [7, 11) is 0. The molecule has 0 radical (unpaired) electrons. The molecule has 0 aliphatic carbocycles. The van der Waals surface area contributed by atoms with Crippen LogP contribution >= 0.6 is 0 Å². The van der Waals surface area contributed by atoms with Gasteiger partial charge in [-0.3, -0.25) is 4.99 Å². The number of aliphatic imine (C=N–C) groups is 1. The molecule has 0 bridgehead atoms. The fourth-order valence-corrected chi connectivity index (χ4v) is 2.79. The molecule has 3 unspecified atom stereocenters. The van der Waals surface area contributed by atoms with Crippen molar-refractivity contribution in [3.8, 4) is 0 Å². The molecule has 0 aromatic carbocycles. The highest BCUT2D eigenvalue weighted by molar-refractivity contribution is 6.03. The fourth-order valence-electron chi connectivity index (χ4n) is 2.79. The first kappa shape index (κ1) is 17.6. The largest absolute Gasteiger partial charge is 0.314 e. The molecule has 0 saturated carbocycles. The zero-order valence-electron chi connectivity index (χ0n) is 14.2. The normalized spacial score (nSPS) is 26.1. The molecule has 0 aromatic heterocycles. The molecule has 1 fully saturated rings. The Hall–Kier alpha value is -1.41. The van der Waals surface area contributed by atoms with E-state index in [1.165, 1.54) is 11.1 Å². The number of allylic oxidation sites excluding steroid dienone is 6. The molecule has 2 heteroatoms. The van der Waals surface area contributed by atoms with E-state index in [-0.39, 0.29) is 0 Å². The molecule has 1 rings (SSSR count). The second-order valence-electron chi connectivity index (χ2n) is 6.32. The Morgan fingerprint density at radius 3 is 2.38 bits per heavy atom. The zero-order valence-corrected chi connectivity index (χ0v) is 14.2. The van der Waals surface area contributed by atoms with E-state index >= 15 is 0 Å². The number of nitrogens with zero attached hydrogens (tertiary/aromatic N) is 1. The second-order valence-corrected chi connectivity index (χ2v) is 6.32. The first-order chi connectivity index (χ1) is 9.86. The second kappa shape index (κ2) is 8.14. The molecule has 1 heterocycles. The Morgan fingerprint density at radius 1 is 1.29 bits per heavy atom. The van der Waals surface area contributed by atoms with Crippen LogP contribution in [0.1, 0.15) is 41.0 Å². The molecule has 1 aliphatic rings. The van der Waals surface area contributed by atoms with Crippen molar-refractivity contribution in [3.63, 3.8) is 0 Å².